The summed E-state index contributed by atoms with van der Waals surface area (Å²) in [6.45, 7) is 1.94. The van der Waals surface area contributed by atoms with E-state index in [4.69, 9.17) is 17.3 Å². The lowest BCUT2D eigenvalue weighted by atomic mass is 9.74. The molecule has 2 N–H and O–H groups in total. The Morgan fingerprint density at radius 1 is 1.19 bits per heavy atom. The number of hydrogen-bond acceptors (Lipinski definition) is 5. The molecular weight excluding hydrogens is 371 g/mol. The van der Waals surface area contributed by atoms with Crippen molar-refractivity contribution in [1.29, 1.82) is 0 Å². The molecule has 1 aliphatic heterocycles. The molecule has 4 nitrogen and oxygen atoms in total. The Kier molecular flexibility index (Phi) is 5.08. The summed E-state index contributed by atoms with van der Waals surface area (Å²) in [4.78, 5) is 11.7. The second-order valence-corrected chi connectivity index (χ2v) is 8.68. The molecule has 0 radical (unpaired) electrons. The summed E-state index contributed by atoms with van der Waals surface area (Å²) in [5.74, 6) is 0.460. The Morgan fingerprint density at radius 2 is 2.00 bits per heavy atom. The predicted molar refractivity (Wildman–Crippen MR) is 103 cm³/mol. The lowest BCUT2D eigenvalue weighted by Crippen LogP contribution is -2.47. The maximum atomic E-state index is 14.0. The van der Waals surface area contributed by atoms with Crippen LogP contribution in [0.15, 0.2) is 40.5 Å². The third kappa shape index (κ3) is 3.42. The van der Waals surface area contributed by atoms with Crippen molar-refractivity contribution < 1.29 is 4.39 Å². The smallest absolute Gasteiger partial charge is 0.155 e. The Labute approximate surface area is 162 Å². The predicted octanol–water partition coefficient (Wildman–Crippen LogP) is 4.52. The van der Waals surface area contributed by atoms with Gasteiger partial charge >= 0.3 is 0 Å². The molecule has 7 heteroatoms. The van der Waals surface area contributed by atoms with Crippen LogP contribution in [0.1, 0.15) is 32.1 Å². The van der Waals surface area contributed by atoms with E-state index in [0.29, 0.717) is 21.4 Å². The molecule has 0 amide bonds. The van der Waals surface area contributed by atoms with Gasteiger partial charge in [-0.15, -0.1) is 0 Å². The summed E-state index contributed by atoms with van der Waals surface area (Å²) in [6, 6.07) is 5.31. The lowest BCUT2D eigenvalue weighted by Gasteiger charge is -2.42. The SMILES string of the molecule is N[C@@H]1CCCC12CCN(c1cnc(Sc3cccc(Cl)c3F)cn1)CC2. The molecule has 26 heavy (non-hydrogen) atoms. The molecule has 4 rings (SSSR count). The van der Waals surface area contributed by atoms with E-state index >= 15 is 0 Å². The van der Waals surface area contributed by atoms with E-state index in [1.54, 1.807) is 24.5 Å². The second kappa shape index (κ2) is 7.33. The minimum Gasteiger partial charge on any atom is -0.355 e. The summed E-state index contributed by atoms with van der Waals surface area (Å²) >= 11 is 7.06. The van der Waals surface area contributed by atoms with Crippen molar-refractivity contribution in [1.82, 2.24) is 9.97 Å². The van der Waals surface area contributed by atoms with Crippen LogP contribution >= 0.6 is 23.4 Å². The number of nitrogens with two attached hydrogens (primary N) is 1. The molecule has 1 spiro atoms. The quantitative estimate of drug-likeness (QED) is 0.832. The maximum Gasteiger partial charge on any atom is 0.155 e. The van der Waals surface area contributed by atoms with Gasteiger partial charge in [0.2, 0.25) is 0 Å². The number of aromatic nitrogens is 2. The molecule has 1 saturated carbocycles. The van der Waals surface area contributed by atoms with Gasteiger partial charge in [-0.1, -0.05) is 35.9 Å². The first-order chi connectivity index (χ1) is 12.6. The van der Waals surface area contributed by atoms with Gasteiger partial charge in [-0.25, -0.2) is 14.4 Å². The van der Waals surface area contributed by atoms with Crippen LogP contribution in [0.2, 0.25) is 5.02 Å². The Balaban J connectivity index is 1.41. The molecule has 2 heterocycles. The molecule has 1 aromatic heterocycles. The monoisotopic (exact) mass is 392 g/mol. The molecule has 1 aromatic carbocycles. The van der Waals surface area contributed by atoms with Gasteiger partial charge in [0.15, 0.2) is 5.82 Å². The van der Waals surface area contributed by atoms with E-state index < -0.39 is 5.82 Å². The molecule has 1 atom stereocenters. The number of hydrogen-bond donors (Lipinski definition) is 1. The van der Waals surface area contributed by atoms with Crippen molar-refractivity contribution >= 4 is 29.2 Å². The topological polar surface area (TPSA) is 55.0 Å². The molecule has 1 saturated heterocycles. The van der Waals surface area contributed by atoms with Crippen LogP contribution in [0.5, 0.6) is 0 Å². The minimum atomic E-state index is -0.417. The zero-order chi connectivity index (χ0) is 18.1. The minimum absolute atomic E-state index is 0.118. The molecule has 1 aliphatic carbocycles. The van der Waals surface area contributed by atoms with Crippen LogP contribution in [0.4, 0.5) is 10.2 Å². The van der Waals surface area contributed by atoms with Crippen LogP contribution in [0.25, 0.3) is 0 Å². The van der Waals surface area contributed by atoms with E-state index in [0.717, 1.165) is 38.2 Å². The number of rotatable bonds is 3. The van der Waals surface area contributed by atoms with E-state index in [1.807, 2.05) is 0 Å². The van der Waals surface area contributed by atoms with Crippen molar-refractivity contribution in [2.45, 2.75) is 48.1 Å². The van der Waals surface area contributed by atoms with Crippen molar-refractivity contribution in [2.75, 3.05) is 18.0 Å². The van der Waals surface area contributed by atoms with Gasteiger partial charge in [0, 0.05) is 19.1 Å². The maximum absolute atomic E-state index is 14.0. The summed E-state index contributed by atoms with van der Waals surface area (Å²) in [5, 5.41) is 0.771. The molecule has 2 aromatic rings. The largest absolute Gasteiger partial charge is 0.355 e. The van der Waals surface area contributed by atoms with Gasteiger partial charge in [0.1, 0.15) is 10.8 Å². The van der Waals surface area contributed by atoms with E-state index in [2.05, 4.69) is 14.9 Å². The van der Waals surface area contributed by atoms with Crippen molar-refractivity contribution in [3.8, 4) is 0 Å². The molecular formula is C19H22ClFN4S. The third-order valence-electron chi connectivity index (χ3n) is 5.80. The van der Waals surface area contributed by atoms with Crippen molar-refractivity contribution in [2.24, 2.45) is 11.1 Å². The van der Waals surface area contributed by atoms with Gasteiger partial charge in [-0.05, 0) is 43.2 Å². The third-order valence-corrected chi connectivity index (χ3v) is 7.05. The zero-order valence-corrected chi connectivity index (χ0v) is 16.1. The summed E-state index contributed by atoms with van der Waals surface area (Å²) < 4.78 is 14.0. The molecule has 138 valence electrons. The van der Waals surface area contributed by atoms with Crippen LogP contribution in [-0.4, -0.2) is 29.1 Å². The average molecular weight is 393 g/mol. The number of benzene rings is 1. The zero-order valence-electron chi connectivity index (χ0n) is 14.5. The van der Waals surface area contributed by atoms with Crippen LogP contribution in [0, 0.1) is 11.2 Å². The van der Waals surface area contributed by atoms with Crippen molar-refractivity contribution in [3.05, 3.63) is 41.4 Å². The van der Waals surface area contributed by atoms with Gasteiger partial charge in [0.25, 0.3) is 0 Å². The lowest BCUT2D eigenvalue weighted by molar-refractivity contribution is 0.197. The van der Waals surface area contributed by atoms with Crippen molar-refractivity contribution in [3.63, 3.8) is 0 Å². The number of piperidine rings is 1. The number of anilines is 1. The number of nitrogens with zero attached hydrogens (tertiary/aromatic N) is 3. The van der Waals surface area contributed by atoms with Gasteiger partial charge in [0.05, 0.1) is 22.3 Å². The average Bonchev–Trinajstić information content (AvgIpc) is 3.00. The molecule has 0 bridgehead atoms. The van der Waals surface area contributed by atoms with Gasteiger partial charge in [-0.3, -0.25) is 0 Å². The van der Waals surface area contributed by atoms with Gasteiger partial charge in [-0.2, -0.15) is 0 Å². The highest BCUT2D eigenvalue weighted by molar-refractivity contribution is 7.99. The van der Waals surface area contributed by atoms with Crippen LogP contribution in [0.3, 0.4) is 0 Å². The summed E-state index contributed by atoms with van der Waals surface area (Å²) in [5.41, 5.74) is 6.69. The Hall–Kier alpha value is -1.37. The first-order valence-corrected chi connectivity index (χ1v) is 10.2. The highest BCUT2D eigenvalue weighted by atomic mass is 35.5. The highest BCUT2D eigenvalue weighted by Crippen LogP contribution is 2.45. The molecule has 2 aliphatic rings. The van der Waals surface area contributed by atoms with E-state index in [-0.39, 0.29) is 5.02 Å². The van der Waals surface area contributed by atoms with Crippen LogP contribution in [-0.2, 0) is 0 Å². The van der Waals surface area contributed by atoms with Gasteiger partial charge < -0.3 is 10.6 Å². The fourth-order valence-electron chi connectivity index (χ4n) is 4.17. The highest BCUT2D eigenvalue weighted by Gasteiger charge is 2.42. The molecule has 0 unspecified atom stereocenters. The normalized spacial score (nSPS) is 22.1. The first-order valence-electron chi connectivity index (χ1n) is 9.02. The fourth-order valence-corrected chi connectivity index (χ4v) is 5.18. The van der Waals surface area contributed by atoms with Crippen LogP contribution < -0.4 is 10.6 Å². The summed E-state index contributed by atoms with van der Waals surface area (Å²) in [7, 11) is 0. The second-order valence-electron chi connectivity index (χ2n) is 7.21. The Morgan fingerprint density at radius 3 is 2.65 bits per heavy atom. The fraction of sp³-hybridized carbons (Fsp3) is 0.474. The first kappa shape index (κ1) is 18.0. The van der Waals surface area contributed by atoms with E-state index in [9.17, 15) is 4.39 Å². The number of halogens is 2. The van der Waals surface area contributed by atoms with E-state index in [1.165, 1.54) is 30.7 Å². The summed E-state index contributed by atoms with van der Waals surface area (Å²) in [6.07, 6.45) is 9.40. The molecule has 2 fully saturated rings. The standard InChI is InChI=1S/C19H22ClFN4S/c20-13-3-1-4-14(18(13)21)26-17-12-23-16(11-24-17)25-9-7-19(8-10-25)6-2-5-15(19)22/h1,3-4,11-12,15H,2,5-10,22H2/t15-/m1/s1. The Bertz CT molecular complexity index is 778.